The molecular weight excluding hydrogens is 328 g/mol. The van der Waals surface area contributed by atoms with Crippen LogP contribution in [-0.4, -0.2) is 34.7 Å². The van der Waals surface area contributed by atoms with E-state index >= 15 is 0 Å². The number of nitrogens with zero attached hydrogens (tertiary/aromatic N) is 3. The van der Waals surface area contributed by atoms with E-state index in [1.54, 1.807) is 18.3 Å². The van der Waals surface area contributed by atoms with Gasteiger partial charge in [0.05, 0.1) is 0 Å². The van der Waals surface area contributed by atoms with Gasteiger partial charge in [-0.1, -0.05) is 11.3 Å². The first-order chi connectivity index (χ1) is 8.99. The van der Waals surface area contributed by atoms with Crippen molar-refractivity contribution in [3.8, 4) is 0 Å². The number of hydrogen-bond acceptors (Lipinski definition) is 5. The molecule has 1 aromatic rings. The summed E-state index contributed by atoms with van der Waals surface area (Å²) in [5.41, 5.74) is -0.0513. The molecular formula is C12H17BrN4OS. The Kier molecular flexibility index (Phi) is 3.29. The lowest BCUT2D eigenvalue weighted by atomic mass is 9.78. The summed E-state index contributed by atoms with van der Waals surface area (Å²) >= 11 is 4.93. The quantitative estimate of drug-likeness (QED) is 0.891. The van der Waals surface area contributed by atoms with Crippen molar-refractivity contribution in [2.24, 2.45) is 11.8 Å². The van der Waals surface area contributed by atoms with Gasteiger partial charge >= 0.3 is 0 Å². The Bertz CT molecular complexity index is 492. The molecule has 1 saturated carbocycles. The maximum Gasteiger partial charge on any atom is 0.217 e. The molecule has 3 atom stereocenters. The normalized spacial score (nSPS) is 33.5. The standard InChI is InChI=1S/C12H17BrN4OS/c1-7(18)14-12(2)8-3-4-9(12)6-17(5-8)11-16-15-10(13)19-11/h8-9H,3-6H2,1-2H3,(H,14,18)/t8-,9+,12?. The van der Waals surface area contributed by atoms with Crippen LogP contribution in [0.2, 0.25) is 0 Å². The number of anilines is 1. The molecule has 1 unspecified atom stereocenters. The zero-order valence-corrected chi connectivity index (χ0v) is 13.4. The highest BCUT2D eigenvalue weighted by Crippen LogP contribution is 2.46. The zero-order chi connectivity index (χ0) is 13.6. The van der Waals surface area contributed by atoms with Crippen molar-refractivity contribution in [2.45, 2.75) is 32.2 Å². The molecule has 2 aliphatic rings. The SMILES string of the molecule is CC(=O)NC1(C)[C@@H]2CC[C@H]1CN(c1nnc(Br)s1)C2. The van der Waals surface area contributed by atoms with Crippen LogP contribution < -0.4 is 10.2 Å². The van der Waals surface area contributed by atoms with E-state index in [1.165, 1.54) is 12.8 Å². The van der Waals surface area contributed by atoms with Crippen molar-refractivity contribution in [1.29, 1.82) is 0 Å². The van der Waals surface area contributed by atoms with E-state index in [9.17, 15) is 4.79 Å². The van der Waals surface area contributed by atoms with Crippen molar-refractivity contribution in [1.82, 2.24) is 15.5 Å². The predicted molar refractivity (Wildman–Crippen MR) is 78.3 cm³/mol. The third-order valence-corrected chi connectivity index (χ3v) is 5.96. The first kappa shape index (κ1) is 13.3. The first-order valence-electron chi connectivity index (χ1n) is 6.51. The Morgan fingerprint density at radius 2 is 2.05 bits per heavy atom. The molecule has 7 heteroatoms. The molecule has 1 N–H and O–H groups in total. The van der Waals surface area contributed by atoms with Gasteiger partial charge in [-0.3, -0.25) is 4.79 Å². The maximum absolute atomic E-state index is 11.4. The van der Waals surface area contributed by atoms with Gasteiger partial charge in [0.15, 0.2) is 3.92 Å². The van der Waals surface area contributed by atoms with Gasteiger partial charge in [-0.15, -0.1) is 10.2 Å². The van der Waals surface area contributed by atoms with Crippen molar-refractivity contribution in [3.05, 3.63) is 3.92 Å². The van der Waals surface area contributed by atoms with Gasteiger partial charge in [0, 0.05) is 25.6 Å². The number of halogens is 1. The average Bonchev–Trinajstić information content (AvgIpc) is 2.77. The summed E-state index contributed by atoms with van der Waals surface area (Å²) in [6, 6.07) is 0. The summed E-state index contributed by atoms with van der Waals surface area (Å²) in [7, 11) is 0. The minimum Gasteiger partial charge on any atom is -0.350 e. The van der Waals surface area contributed by atoms with Gasteiger partial charge in [-0.2, -0.15) is 0 Å². The molecule has 1 saturated heterocycles. The number of carbonyl (C=O) groups is 1. The number of rotatable bonds is 2. The van der Waals surface area contributed by atoms with E-state index in [4.69, 9.17) is 0 Å². The van der Waals surface area contributed by atoms with Gasteiger partial charge in [0.1, 0.15) is 0 Å². The minimum absolute atomic E-state index is 0.0513. The lowest BCUT2D eigenvalue weighted by Gasteiger charge is -2.45. The summed E-state index contributed by atoms with van der Waals surface area (Å²) in [6.07, 6.45) is 2.36. The van der Waals surface area contributed by atoms with Crippen molar-refractivity contribution in [2.75, 3.05) is 18.0 Å². The zero-order valence-electron chi connectivity index (χ0n) is 11.0. The number of nitrogens with one attached hydrogen (secondary N) is 1. The van der Waals surface area contributed by atoms with Gasteiger partial charge in [-0.05, 0) is 47.5 Å². The van der Waals surface area contributed by atoms with Crippen LogP contribution in [-0.2, 0) is 4.79 Å². The predicted octanol–water partition coefficient (Wildman–Crippen LogP) is 2.04. The molecule has 0 radical (unpaired) electrons. The minimum atomic E-state index is -0.0513. The van der Waals surface area contributed by atoms with Crippen LogP contribution in [0.4, 0.5) is 5.13 Å². The van der Waals surface area contributed by atoms with E-state index in [2.05, 4.69) is 43.3 Å². The summed E-state index contributed by atoms with van der Waals surface area (Å²) in [6.45, 7) is 5.72. The fourth-order valence-corrected chi connectivity index (χ4v) is 4.68. The van der Waals surface area contributed by atoms with Crippen LogP contribution in [0.25, 0.3) is 0 Å². The number of aromatic nitrogens is 2. The van der Waals surface area contributed by atoms with Crippen LogP contribution in [0.5, 0.6) is 0 Å². The van der Waals surface area contributed by atoms with Crippen molar-refractivity contribution >= 4 is 38.3 Å². The summed E-state index contributed by atoms with van der Waals surface area (Å²) < 4.78 is 0.824. The Morgan fingerprint density at radius 3 is 2.53 bits per heavy atom. The van der Waals surface area contributed by atoms with Crippen LogP contribution in [0.1, 0.15) is 26.7 Å². The summed E-state index contributed by atoms with van der Waals surface area (Å²) in [4.78, 5) is 13.8. The molecule has 1 amide bonds. The van der Waals surface area contributed by atoms with E-state index in [0.29, 0.717) is 11.8 Å². The largest absolute Gasteiger partial charge is 0.350 e. The van der Waals surface area contributed by atoms with E-state index in [1.807, 2.05) is 0 Å². The highest BCUT2D eigenvalue weighted by Gasteiger charge is 2.51. The van der Waals surface area contributed by atoms with Gasteiger partial charge in [0.2, 0.25) is 11.0 Å². The fourth-order valence-electron chi connectivity index (χ4n) is 3.57. The molecule has 2 bridgehead atoms. The second-order valence-electron chi connectivity index (χ2n) is 5.68. The average molecular weight is 345 g/mol. The molecule has 3 rings (SSSR count). The Morgan fingerprint density at radius 1 is 1.42 bits per heavy atom. The van der Waals surface area contributed by atoms with Crippen molar-refractivity contribution < 1.29 is 4.79 Å². The molecule has 0 aromatic carbocycles. The van der Waals surface area contributed by atoms with Crippen LogP contribution >= 0.6 is 27.3 Å². The van der Waals surface area contributed by atoms with E-state index in [-0.39, 0.29) is 11.4 Å². The third-order valence-electron chi connectivity index (χ3n) is 4.55. The molecule has 2 heterocycles. The van der Waals surface area contributed by atoms with Crippen molar-refractivity contribution in [3.63, 3.8) is 0 Å². The van der Waals surface area contributed by atoms with Crippen LogP contribution in [0.3, 0.4) is 0 Å². The molecule has 1 aliphatic carbocycles. The number of fused-ring (bicyclic) bond motifs is 2. The second kappa shape index (κ2) is 4.70. The Balaban J connectivity index is 1.80. The van der Waals surface area contributed by atoms with Crippen LogP contribution in [0, 0.1) is 11.8 Å². The number of hydrogen-bond donors (Lipinski definition) is 1. The molecule has 2 fully saturated rings. The molecule has 1 aromatic heterocycles. The molecule has 1 aliphatic heterocycles. The highest BCUT2D eigenvalue weighted by atomic mass is 79.9. The smallest absolute Gasteiger partial charge is 0.217 e. The lowest BCUT2D eigenvalue weighted by Crippen LogP contribution is -2.61. The monoisotopic (exact) mass is 344 g/mol. The molecule has 0 spiro atoms. The van der Waals surface area contributed by atoms with E-state index < -0.39 is 0 Å². The molecule has 104 valence electrons. The maximum atomic E-state index is 11.4. The molecule has 19 heavy (non-hydrogen) atoms. The number of carbonyl (C=O) groups excluding carboxylic acids is 1. The van der Waals surface area contributed by atoms with Gasteiger partial charge in [0.25, 0.3) is 0 Å². The van der Waals surface area contributed by atoms with Crippen LogP contribution in [0.15, 0.2) is 3.92 Å². The first-order valence-corrected chi connectivity index (χ1v) is 8.12. The van der Waals surface area contributed by atoms with Gasteiger partial charge < -0.3 is 10.2 Å². The Labute approximate surface area is 124 Å². The van der Waals surface area contributed by atoms with E-state index in [0.717, 1.165) is 22.1 Å². The fraction of sp³-hybridized carbons (Fsp3) is 0.750. The summed E-state index contributed by atoms with van der Waals surface area (Å²) in [5.74, 6) is 1.07. The number of amides is 1. The summed E-state index contributed by atoms with van der Waals surface area (Å²) in [5, 5.41) is 12.4. The Hall–Kier alpha value is -0.690. The lowest BCUT2D eigenvalue weighted by molar-refractivity contribution is -0.121. The molecule has 5 nitrogen and oxygen atoms in total. The number of piperidine rings is 1. The van der Waals surface area contributed by atoms with Gasteiger partial charge in [-0.25, -0.2) is 0 Å². The third kappa shape index (κ3) is 2.27. The second-order valence-corrected chi connectivity index (χ2v) is 7.91. The topological polar surface area (TPSA) is 58.1 Å². The highest BCUT2D eigenvalue weighted by molar-refractivity contribution is 9.11.